The third-order valence-electron chi connectivity index (χ3n) is 3.67. The normalized spacial score (nSPS) is 25.8. The Hall–Kier alpha value is -0.620. The van der Waals surface area contributed by atoms with Crippen molar-refractivity contribution in [2.45, 2.75) is 39.0 Å². The predicted molar refractivity (Wildman–Crippen MR) is 66.5 cm³/mol. The highest BCUT2D eigenvalue weighted by atomic mass is 32.2. The molecule has 1 aliphatic carbocycles. The van der Waals surface area contributed by atoms with E-state index in [0.717, 1.165) is 18.8 Å². The maximum Gasteiger partial charge on any atom is 0.303 e. The van der Waals surface area contributed by atoms with Crippen LogP contribution in [0.15, 0.2) is 0 Å². The van der Waals surface area contributed by atoms with Crippen molar-refractivity contribution in [2.75, 3.05) is 13.6 Å². The number of carbonyl (C=O) groups excluding carboxylic acids is 1. The van der Waals surface area contributed by atoms with Crippen molar-refractivity contribution in [2.24, 2.45) is 11.8 Å². The van der Waals surface area contributed by atoms with Crippen LogP contribution in [-0.2, 0) is 15.0 Å². The van der Waals surface area contributed by atoms with Crippen LogP contribution in [0.1, 0.15) is 39.0 Å². The summed E-state index contributed by atoms with van der Waals surface area (Å²) in [7, 11) is -2.10. The molecule has 1 amide bonds. The molecule has 0 saturated heterocycles. The van der Waals surface area contributed by atoms with Gasteiger partial charge in [0.25, 0.3) is 0 Å². The monoisotopic (exact) mass is 262 g/mol. The molecule has 1 aliphatic rings. The van der Waals surface area contributed by atoms with Crippen LogP contribution < -0.4 is 4.72 Å². The average Bonchev–Trinajstić information content (AvgIpc) is 2.30. The standard InChI is InChI=1S/C11H22N2O3S/c1-3-10-4-6-11(7-5-10)8-13(2)17(15,16)12-9-14/h9-11H,3-8H2,1-2H3,(H,12,14). The summed E-state index contributed by atoms with van der Waals surface area (Å²) in [5.41, 5.74) is 0. The van der Waals surface area contributed by atoms with Gasteiger partial charge < -0.3 is 0 Å². The molecule has 1 saturated carbocycles. The van der Waals surface area contributed by atoms with E-state index in [0.29, 0.717) is 12.5 Å². The maximum atomic E-state index is 11.5. The van der Waals surface area contributed by atoms with E-state index < -0.39 is 10.2 Å². The smallest absolute Gasteiger partial charge is 0.278 e. The van der Waals surface area contributed by atoms with E-state index in [9.17, 15) is 13.2 Å². The van der Waals surface area contributed by atoms with Crippen LogP contribution in [0.2, 0.25) is 0 Å². The first kappa shape index (κ1) is 14.4. The average molecular weight is 262 g/mol. The van der Waals surface area contributed by atoms with E-state index in [-0.39, 0.29) is 6.41 Å². The molecule has 0 atom stereocenters. The fourth-order valence-electron chi connectivity index (χ4n) is 2.43. The minimum Gasteiger partial charge on any atom is -0.278 e. The van der Waals surface area contributed by atoms with Gasteiger partial charge in [-0.25, -0.2) is 4.72 Å². The lowest BCUT2D eigenvalue weighted by atomic mass is 9.81. The summed E-state index contributed by atoms with van der Waals surface area (Å²) >= 11 is 0. The van der Waals surface area contributed by atoms with E-state index >= 15 is 0 Å². The Morgan fingerprint density at radius 2 is 1.76 bits per heavy atom. The van der Waals surface area contributed by atoms with E-state index in [1.807, 2.05) is 4.72 Å². The summed E-state index contributed by atoms with van der Waals surface area (Å²) in [6, 6.07) is 0. The minimum absolute atomic E-state index is 0.208. The number of nitrogens with zero attached hydrogens (tertiary/aromatic N) is 1. The molecule has 0 unspecified atom stereocenters. The van der Waals surface area contributed by atoms with E-state index in [2.05, 4.69) is 6.92 Å². The fourth-order valence-corrected chi connectivity index (χ4v) is 3.14. The highest BCUT2D eigenvalue weighted by Gasteiger charge is 2.25. The molecule has 0 spiro atoms. The molecule has 1 N–H and O–H groups in total. The van der Waals surface area contributed by atoms with Crippen LogP contribution >= 0.6 is 0 Å². The highest BCUT2D eigenvalue weighted by Crippen LogP contribution is 2.31. The van der Waals surface area contributed by atoms with E-state index in [1.165, 1.54) is 30.6 Å². The first-order valence-electron chi connectivity index (χ1n) is 6.16. The Balaban J connectivity index is 2.42. The van der Waals surface area contributed by atoms with Crippen molar-refractivity contribution in [3.05, 3.63) is 0 Å². The third-order valence-corrected chi connectivity index (χ3v) is 5.03. The van der Waals surface area contributed by atoms with Crippen molar-refractivity contribution >= 4 is 16.6 Å². The molecule has 1 rings (SSSR count). The lowest BCUT2D eigenvalue weighted by Crippen LogP contribution is -2.40. The molecule has 0 radical (unpaired) electrons. The van der Waals surface area contributed by atoms with Gasteiger partial charge in [-0.05, 0) is 24.7 Å². The van der Waals surface area contributed by atoms with Crippen molar-refractivity contribution < 1.29 is 13.2 Å². The second-order valence-electron chi connectivity index (χ2n) is 4.82. The maximum absolute atomic E-state index is 11.5. The Morgan fingerprint density at radius 3 is 2.24 bits per heavy atom. The van der Waals surface area contributed by atoms with Crippen LogP contribution in [0.3, 0.4) is 0 Å². The minimum atomic E-state index is -3.61. The number of nitrogens with one attached hydrogen (secondary N) is 1. The summed E-state index contributed by atoms with van der Waals surface area (Å²) < 4.78 is 26.1. The van der Waals surface area contributed by atoms with Gasteiger partial charge in [0.2, 0.25) is 6.41 Å². The Labute approximate surface area is 104 Å². The van der Waals surface area contributed by atoms with Crippen LogP contribution in [0, 0.1) is 11.8 Å². The number of rotatable bonds is 6. The van der Waals surface area contributed by atoms with Crippen LogP contribution in [0.25, 0.3) is 0 Å². The largest absolute Gasteiger partial charge is 0.303 e. The third kappa shape index (κ3) is 4.27. The van der Waals surface area contributed by atoms with Gasteiger partial charge in [0.05, 0.1) is 0 Å². The summed E-state index contributed by atoms with van der Waals surface area (Å²) in [5.74, 6) is 1.23. The molecule has 0 aromatic carbocycles. The van der Waals surface area contributed by atoms with Gasteiger partial charge in [-0.1, -0.05) is 26.2 Å². The van der Waals surface area contributed by atoms with Gasteiger partial charge in [-0.3, -0.25) is 4.79 Å². The van der Waals surface area contributed by atoms with Gasteiger partial charge in [0.15, 0.2) is 0 Å². The predicted octanol–water partition coefficient (Wildman–Crippen LogP) is 1.13. The molecule has 1 fully saturated rings. The lowest BCUT2D eigenvalue weighted by Gasteiger charge is -2.30. The molecule has 0 aromatic rings. The number of carbonyl (C=O) groups is 1. The molecular weight excluding hydrogens is 240 g/mol. The molecule has 0 heterocycles. The highest BCUT2D eigenvalue weighted by molar-refractivity contribution is 7.87. The first-order valence-corrected chi connectivity index (χ1v) is 7.60. The fraction of sp³-hybridized carbons (Fsp3) is 0.909. The van der Waals surface area contributed by atoms with Crippen molar-refractivity contribution in [3.8, 4) is 0 Å². The zero-order chi connectivity index (χ0) is 12.9. The second-order valence-corrected chi connectivity index (χ2v) is 6.63. The second kappa shape index (κ2) is 6.35. The molecule has 0 aliphatic heterocycles. The number of hydrogen-bond acceptors (Lipinski definition) is 3. The molecular formula is C11H22N2O3S. The molecule has 100 valence electrons. The molecule has 6 heteroatoms. The topological polar surface area (TPSA) is 66.5 Å². The molecule has 0 bridgehead atoms. The quantitative estimate of drug-likeness (QED) is 0.730. The summed E-state index contributed by atoms with van der Waals surface area (Å²) in [4.78, 5) is 10.2. The number of hydrogen-bond donors (Lipinski definition) is 1. The van der Waals surface area contributed by atoms with Gasteiger partial charge >= 0.3 is 10.2 Å². The van der Waals surface area contributed by atoms with E-state index in [4.69, 9.17) is 0 Å². The van der Waals surface area contributed by atoms with Gasteiger partial charge in [0.1, 0.15) is 0 Å². The Bertz CT molecular complexity index is 335. The summed E-state index contributed by atoms with van der Waals surface area (Å²) in [5, 5.41) is 0. The SMILES string of the molecule is CCC1CCC(CN(C)S(=O)(=O)NC=O)CC1. The Kier molecular flexibility index (Phi) is 5.39. The zero-order valence-corrected chi connectivity index (χ0v) is 11.4. The van der Waals surface area contributed by atoms with Crippen molar-refractivity contribution in [3.63, 3.8) is 0 Å². The van der Waals surface area contributed by atoms with Crippen molar-refractivity contribution in [1.82, 2.24) is 9.03 Å². The van der Waals surface area contributed by atoms with Crippen LogP contribution in [0.5, 0.6) is 0 Å². The zero-order valence-electron chi connectivity index (χ0n) is 10.6. The summed E-state index contributed by atoms with van der Waals surface area (Å²) in [6.45, 7) is 2.70. The van der Waals surface area contributed by atoms with Gasteiger partial charge in [-0.2, -0.15) is 12.7 Å². The van der Waals surface area contributed by atoms with Crippen molar-refractivity contribution in [1.29, 1.82) is 0 Å². The van der Waals surface area contributed by atoms with Gasteiger partial charge in [0, 0.05) is 13.6 Å². The van der Waals surface area contributed by atoms with Crippen LogP contribution in [-0.4, -0.2) is 32.7 Å². The Morgan fingerprint density at radius 1 is 1.24 bits per heavy atom. The van der Waals surface area contributed by atoms with Crippen LogP contribution in [0.4, 0.5) is 0 Å². The van der Waals surface area contributed by atoms with E-state index in [1.54, 1.807) is 0 Å². The lowest BCUT2D eigenvalue weighted by molar-refractivity contribution is -0.108. The molecule has 5 nitrogen and oxygen atoms in total. The number of amides is 1. The van der Waals surface area contributed by atoms with Gasteiger partial charge in [-0.15, -0.1) is 0 Å². The summed E-state index contributed by atoms with van der Waals surface area (Å²) in [6.07, 6.45) is 5.97. The first-order chi connectivity index (χ1) is 7.99. The molecule has 17 heavy (non-hydrogen) atoms. The molecule has 0 aromatic heterocycles.